The molecule has 2 amide bonds. The zero-order chi connectivity index (χ0) is 13.4. The minimum atomic E-state index is -1.07. The van der Waals surface area contributed by atoms with Crippen LogP contribution in [0.4, 0.5) is 4.79 Å². The third kappa shape index (κ3) is 5.06. The van der Waals surface area contributed by atoms with Crippen molar-refractivity contribution in [3.05, 3.63) is 0 Å². The molecule has 0 saturated carbocycles. The molecule has 0 atom stereocenters. The normalized spacial score (nSPS) is 15.1. The van der Waals surface area contributed by atoms with Crippen LogP contribution in [-0.2, 0) is 4.79 Å². The quantitative estimate of drug-likeness (QED) is 0.644. The first-order valence-corrected chi connectivity index (χ1v) is 6.04. The third-order valence-electron chi connectivity index (χ3n) is 2.80. The van der Waals surface area contributed by atoms with Gasteiger partial charge in [0, 0.05) is 13.1 Å². The van der Waals surface area contributed by atoms with Crippen LogP contribution in [0.15, 0.2) is 0 Å². The smallest absolute Gasteiger partial charge is 0.323 e. The van der Waals surface area contributed by atoms with Crippen LogP contribution in [0.3, 0.4) is 0 Å². The second kappa shape index (κ2) is 7.56. The van der Waals surface area contributed by atoms with E-state index in [1.54, 1.807) is 0 Å². The summed E-state index contributed by atoms with van der Waals surface area (Å²) in [5.74, 6) is 1.21. The topological polar surface area (TPSA) is 72.9 Å². The molecular formula is C12H19N3O3. The molecule has 18 heavy (non-hydrogen) atoms. The lowest BCUT2D eigenvalue weighted by Crippen LogP contribution is -2.45. The van der Waals surface area contributed by atoms with Gasteiger partial charge in [-0.1, -0.05) is 5.92 Å². The lowest BCUT2D eigenvalue weighted by atomic mass is 10.4. The number of hydrogen-bond acceptors (Lipinski definition) is 3. The highest BCUT2D eigenvalue weighted by Gasteiger charge is 2.16. The van der Waals surface area contributed by atoms with Gasteiger partial charge in [0.15, 0.2) is 0 Å². The van der Waals surface area contributed by atoms with Crippen molar-refractivity contribution in [1.82, 2.24) is 15.1 Å². The van der Waals surface area contributed by atoms with Crippen molar-refractivity contribution < 1.29 is 14.7 Å². The molecule has 1 aliphatic heterocycles. The second-order valence-electron chi connectivity index (χ2n) is 4.23. The number of carboxylic acid groups (broad SMARTS) is 1. The number of likely N-dealkylation sites (tertiary alicyclic amines) is 1. The molecule has 0 bridgehead atoms. The first-order valence-electron chi connectivity index (χ1n) is 6.04. The van der Waals surface area contributed by atoms with Crippen molar-refractivity contribution in [1.29, 1.82) is 0 Å². The zero-order valence-corrected chi connectivity index (χ0v) is 10.4. The third-order valence-corrected chi connectivity index (χ3v) is 2.80. The summed E-state index contributed by atoms with van der Waals surface area (Å²) in [5.41, 5.74) is 0. The van der Waals surface area contributed by atoms with Crippen molar-refractivity contribution in [2.75, 3.05) is 39.3 Å². The number of amides is 2. The van der Waals surface area contributed by atoms with Gasteiger partial charge in [0.2, 0.25) is 0 Å². The van der Waals surface area contributed by atoms with Gasteiger partial charge in [0.05, 0.1) is 6.54 Å². The van der Waals surface area contributed by atoms with Gasteiger partial charge < -0.3 is 20.2 Å². The first-order chi connectivity index (χ1) is 8.63. The van der Waals surface area contributed by atoms with E-state index in [0.29, 0.717) is 6.54 Å². The molecule has 1 heterocycles. The fourth-order valence-corrected chi connectivity index (χ4v) is 1.91. The van der Waals surface area contributed by atoms with Gasteiger partial charge in [-0.2, -0.15) is 0 Å². The molecule has 1 saturated heterocycles. The summed E-state index contributed by atoms with van der Waals surface area (Å²) in [6, 6.07) is -0.422. The monoisotopic (exact) mass is 253 g/mol. The molecule has 1 fully saturated rings. The van der Waals surface area contributed by atoms with Crippen LogP contribution in [-0.4, -0.2) is 66.2 Å². The number of urea groups is 1. The van der Waals surface area contributed by atoms with Gasteiger partial charge in [0.25, 0.3) is 0 Å². The van der Waals surface area contributed by atoms with E-state index in [1.165, 1.54) is 12.8 Å². The molecule has 0 aromatic heterocycles. The Kier molecular flexibility index (Phi) is 6.01. The highest BCUT2D eigenvalue weighted by atomic mass is 16.4. The molecule has 0 unspecified atom stereocenters. The molecule has 100 valence electrons. The van der Waals surface area contributed by atoms with Crippen LogP contribution in [0.5, 0.6) is 0 Å². The Balaban J connectivity index is 2.27. The summed E-state index contributed by atoms with van der Waals surface area (Å²) >= 11 is 0. The fraction of sp³-hybridized carbons (Fsp3) is 0.667. The average molecular weight is 253 g/mol. The Bertz CT molecular complexity index is 332. The molecule has 0 aromatic rings. The molecule has 0 aliphatic carbocycles. The SMILES string of the molecule is C#CCN(CC(=O)O)C(=O)NCCN1CCCC1. The standard InChI is InChI=1S/C12H19N3O3/c1-2-6-15(10-11(16)17)12(18)13-5-9-14-7-3-4-8-14/h1H,3-10H2,(H,13,18)(H,16,17). The molecule has 6 nitrogen and oxygen atoms in total. The van der Waals surface area contributed by atoms with E-state index < -0.39 is 12.0 Å². The maximum absolute atomic E-state index is 11.7. The average Bonchev–Trinajstić information content (AvgIpc) is 2.81. The van der Waals surface area contributed by atoms with E-state index in [4.69, 9.17) is 11.5 Å². The maximum Gasteiger partial charge on any atom is 0.323 e. The molecule has 6 heteroatoms. The Morgan fingerprint density at radius 2 is 2.06 bits per heavy atom. The summed E-state index contributed by atoms with van der Waals surface area (Å²) in [4.78, 5) is 25.6. The Labute approximate surface area is 107 Å². The van der Waals surface area contributed by atoms with Crippen molar-refractivity contribution in [3.8, 4) is 12.3 Å². The largest absolute Gasteiger partial charge is 0.480 e. The summed E-state index contributed by atoms with van der Waals surface area (Å²) in [6.07, 6.45) is 7.51. The molecule has 0 aromatic carbocycles. The van der Waals surface area contributed by atoms with Crippen LogP contribution in [0.25, 0.3) is 0 Å². The van der Waals surface area contributed by atoms with Crippen LogP contribution in [0.2, 0.25) is 0 Å². The first kappa shape index (κ1) is 14.3. The summed E-state index contributed by atoms with van der Waals surface area (Å²) in [7, 11) is 0. The van der Waals surface area contributed by atoms with Gasteiger partial charge >= 0.3 is 12.0 Å². The molecule has 0 spiro atoms. The fourth-order valence-electron chi connectivity index (χ4n) is 1.91. The number of nitrogens with zero attached hydrogens (tertiary/aromatic N) is 2. The van der Waals surface area contributed by atoms with Gasteiger partial charge in [-0.3, -0.25) is 4.79 Å². The van der Waals surface area contributed by atoms with Gasteiger partial charge in [-0.15, -0.1) is 6.42 Å². The predicted molar refractivity (Wildman–Crippen MR) is 67.1 cm³/mol. The summed E-state index contributed by atoms with van der Waals surface area (Å²) in [5, 5.41) is 11.3. The van der Waals surface area contributed by atoms with E-state index in [9.17, 15) is 9.59 Å². The lowest BCUT2D eigenvalue weighted by molar-refractivity contribution is -0.137. The molecule has 0 radical (unpaired) electrons. The maximum atomic E-state index is 11.7. The predicted octanol–water partition coefficient (Wildman–Crippen LogP) is -0.188. The van der Waals surface area contributed by atoms with Crippen LogP contribution >= 0.6 is 0 Å². The minimum absolute atomic E-state index is 0.00183. The van der Waals surface area contributed by atoms with Crippen LogP contribution in [0, 0.1) is 12.3 Å². The van der Waals surface area contributed by atoms with E-state index in [0.717, 1.165) is 24.5 Å². The van der Waals surface area contributed by atoms with Crippen molar-refractivity contribution in [2.24, 2.45) is 0 Å². The number of nitrogens with one attached hydrogen (secondary N) is 1. The molecule has 1 aliphatic rings. The van der Waals surface area contributed by atoms with Gasteiger partial charge in [-0.25, -0.2) is 4.79 Å². The molecule has 1 rings (SSSR count). The number of aliphatic carboxylic acids is 1. The number of hydrogen-bond donors (Lipinski definition) is 2. The van der Waals surface area contributed by atoms with E-state index in [1.807, 2.05) is 0 Å². The highest BCUT2D eigenvalue weighted by molar-refractivity contribution is 5.80. The zero-order valence-electron chi connectivity index (χ0n) is 10.4. The number of carboxylic acids is 1. The number of terminal acetylenes is 1. The second-order valence-corrected chi connectivity index (χ2v) is 4.23. The Morgan fingerprint density at radius 1 is 1.39 bits per heavy atom. The summed E-state index contributed by atoms with van der Waals surface area (Å²) < 4.78 is 0. The minimum Gasteiger partial charge on any atom is -0.480 e. The van der Waals surface area contributed by atoms with E-state index >= 15 is 0 Å². The Hall–Kier alpha value is -1.74. The van der Waals surface area contributed by atoms with E-state index in [2.05, 4.69) is 16.1 Å². The van der Waals surface area contributed by atoms with Gasteiger partial charge in [0.1, 0.15) is 6.54 Å². The highest BCUT2D eigenvalue weighted by Crippen LogP contribution is 2.05. The number of carbonyl (C=O) groups is 2. The van der Waals surface area contributed by atoms with Crippen molar-refractivity contribution in [2.45, 2.75) is 12.8 Å². The number of rotatable bonds is 6. The van der Waals surface area contributed by atoms with Crippen LogP contribution in [0.1, 0.15) is 12.8 Å². The summed E-state index contributed by atoms with van der Waals surface area (Å²) in [6.45, 7) is 3.07. The van der Waals surface area contributed by atoms with Crippen molar-refractivity contribution >= 4 is 12.0 Å². The van der Waals surface area contributed by atoms with Crippen LogP contribution < -0.4 is 5.32 Å². The molecular weight excluding hydrogens is 234 g/mol. The van der Waals surface area contributed by atoms with Crippen molar-refractivity contribution in [3.63, 3.8) is 0 Å². The molecule has 2 N–H and O–H groups in total. The number of carbonyl (C=O) groups excluding carboxylic acids is 1. The Morgan fingerprint density at radius 3 is 2.61 bits per heavy atom. The lowest BCUT2D eigenvalue weighted by Gasteiger charge is -2.20. The van der Waals surface area contributed by atoms with Gasteiger partial charge in [-0.05, 0) is 25.9 Å². The van der Waals surface area contributed by atoms with E-state index in [-0.39, 0.29) is 13.1 Å².